The Hall–Kier alpha value is -1.13. The van der Waals surface area contributed by atoms with Gasteiger partial charge < -0.3 is 15.3 Å². The van der Waals surface area contributed by atoms with Crippen LogP contribution >= 0.6 is 0 Å². The summed E-state index contributed by atoms with van der Waals surface area (Å²) in [4.78, 5) is 2.13. The number of aliphatic hydroxyl groups is 1. The van der Waals surface area contributed by atoms with E-state index in [0.717, 1.165) is 24.2 Å². The Bertz CT molecular complexity index is 442. The van der Waals surface area contributed by atoms with Crippen molar-refractivity contribution in [3.8, 4) is 0 Å². The van der Waals surface area contributed by atoms with E-state index < -0.39 is 0 Å². The summed E-state index contributed by atoms with van der Waals surface area (Å²) in [7, 11) is 0. The van der Waals surface area contributed by atoms with Gasteiger partial charge in [-0.25, -0.2) is 4.39 Å². The van der Waals surface area contributed by atoms with Crippen molar-refractivity contribution in [3.05, 3.63) is 29.6 Å². The number of hydrogen-bond donors (Lipinski definition) is 2. The lowest BCUT2D eigenvalue weighted by atomic mass is 10.1. The van der Waals surface area contributed by atoms with Crippen LogP contribution < -0.4 is 10.2 Å². The lowest BCUT2D eigenvalue weighted by molar-refractivity contribution is 0.198. The molecule has 19 heavy (non-hydrogen) atoms. The third-order valence-corrected chi connectivity index (χ3v) is 3.35. The van der Waals surface area contributed by atoms with Gasteiger partial charge in [0, 0.05) is 30.9 Å². The van der Waals surface area contributed by atoms with E-state index in [0.29, 0.717) is 13.1 Å². The molecule has 0 aliphatic carbocycles. The average molecular weight is 266 g/mol. The van der Waals surface area contributed by atoms with Crippen LogP contribution in [0.25, 0.3) is 0 Å². The molecule has 1 saturated heterocycles. The van der Waals surface area contributed by atoms with Crippen molar-refractivity contribution < 1.29 is 9.50 Å². The zero-order valence-corrected chi connectivity index (χ0v) is 11.9. The van der Waals surface area contributed by atoms with E-state index in [-0.39, 0.29) is 17.5 Å². The van der Waals surface area contributed by atoms with E-state index in [1.54, 1.807) is 6.07 Å². The van der Waals surface area contributed by atoms with Gasteiger partial charge in [-0.1, -0.05) is 0 Å². The van der Waals surface area contributed by atoms with Gasteiger partial charge in [0.1, 0.15) is 5.82 Å². The summed E-state index contributed by atoms with van der Waals surface area (Å²) in [5.41, 5.74) is 1.97. The lowest BCUT2D eigenvalue weighted by Crippen LogP contribution is -2.35. The molecular weight excluding hydrogens is 243 g/mol. The molecule has 0 bridgehead atoms. The van der Waals surface area contributed by atoms with Crippen LogP contribution in [0.2, 0.25) is 0 Å². The SMILES string of the molecule is CC(C)(C)NCc1cc(F)ccc1N1CCC(O)C1. The molecule has 1 aromatic carbocycles. The van der Waals surface area contributed by atoms with E-state index in [4.69, 9.17) is 0 Å². The average Bonchev–Trinajstić information content (AvgIpc) is 2.72. The number of nitrogens with zero attached hydrogens (tertiary/aromatic N) is 1. The first-order valence-electron chi connectivity index (χ1n) is 6.81. The quantitative estimate of drug-likeness (QED) is 0.881. The molecule has 1 heterocycles. The highest BCUT2D eigenvalue weighted by molar-refractivity contribution is 5.54. The predicted octanol–water partition coefficient (Wildman–Crippen LogP) is 2.28. The third-order valence-electron chi connectivity index (χ3n) is 3.35. The molecule has 1 fully saturated rings. The number of aliphatic hydroxyl groups excluding tert-OH is 1. The first kappa shape index (κ1) is 14.3. The van der Waals surface area contributed by atoms with Gasteiger partial charge in [0.25, 0.3) is 0 Å². The second-order valence-electron chi connectivity index (χ2n) is 6.27. The number of β-amino-alcohol motifs (C(OH)–C–C–N with tert-alkyl or cyclic N) is 1. The Balaban J connectivity index is 2.18. The normalized spacial score (nSPS) is 20.1. The molecule has 1 unspecified atom stereocenters. The van der Waals surface area contributed by atoms with Crippen molar-refractivity contribution in [2.45, 2.75) is 45.4 Å². The first-order valence-corrected chi connectivity index (χ1v) is 6.81. The van der Waals surface area contributed by atoms with E-state index in [1.165, 1.54) is 6.07 Å². The molecule has 0 radical (unpaired) electrons. The molecule has 2 N–H and O–H groups in total. The van der Waals surface area contributed by atoms with Gasteiger partial charge in [0.05, 0.1) is 6.10 Å². The van der Waals surface area contributed by atoms with Gasteiger partial charge in [-0.3, -0.25) is 0 Å². The standard InChI is InChI=1S/C15H23FN2O/c1-15(2,3)17-9-11-8-12(16)4-5-14(11)18-7-6-13(19)10-18/h4-5,8,13,17,19H,6-7,9-10H2,1-3H3. The Morgan fingerprint density at radius 1 is 1.42 bits per heavy atom. The predicted molar refractivity (Wildman–Crippen MR) is 75.8 cm³/mol. The van der Waals surface area contributed by atoms with E-state index >= 15 is 0 Å². The van der Waals surface area contributed by atoms with Crippen LogP contribution in [0.15, 0.2) is 18.2 Å². The molecule has 0 aromatic heterocycles. The van der Waals surface area contributed by atoms with Crippen LogP contribution in [0, 0.1) is 5.82 Å². The highest BCUT2D eigenvalue weighted by Crippen LogP contribution is 2.26. The number of hydrogen-bond acceptors (Lipinski definition) is 3. The second kappa shape index (κ2) is 5.47. The van der Waals surface area contributed by atoms with Crippen molar-refractivity contribution in [3.63, 3.8) is 0 Å². The Labute approximate surface area is 114 Å². The van der Waals surface area contributed by atoms with Crippen LogP contribution in [0.3, 0.4) is 0 Å². The van der Waals surface area contributed by atoms with Gasteiger partial charge in [-0.15, -0.1) is 0 Å². The molecule has 0 amide bonds. The fourth-order valence-corrected chi connectivity index (χ4v) is 2.33. The number of rotatable bonds is 3. The van der Waals surface area contributed by atoms with Crippen molar-refractivity contribution in [1.82, 2.24) is 5.32 Å². The number of nitrogens with one attached hydrogen (secondary N) is 1. The van der Waals surface area contributed by atoms with Crippen LogP contribution in [0.1, 0.15) is 32.8 Å². The number of benzene rings is 1. The minimum atomic E-state index is -0.270. The summed E-state index contributed by atoms with van der Waals surface area (Å²) in [5, 5.41) is 13.0. The van der Waals surface area contributed by atoms with Gasteiger partial charge in [0.15, 0.2) is 0 Å². The molecule has 3 nitrogen and oxygen atoms in total. The molecule has 2 rings (SSSR count). The molecular formula is C15H23FN2O. The summed E-state index contributed by atoms with van der Waals surface area (Å²) in [6.07, 6.45) is 0.511. The Morgan fingerprint density at radius 2 is 2.16 bits per heavy atom. The summed E-state index contributed by atoms with van der Waals surface area (Å²) < 4.78 is 13.4. The van der Waals surface area contributed by atoms with Crippen molar-refractivity contribution >= 4 is 5.69 Å². The summed E-state index contributed by atoms with van der Waals surface area (Å²) >= 11 is 0. The zero-order valence-electron chi connectivity index (χ0n) is 11.9. The molecule has 1 aliphatic rings. The molecule has 4 heteroatoms. The van der Waals surface area contributed by atoms with Crippen LogP contribution in [0.5, 0.6) is 0 Å². The first-order chi connectivity index (χ1) is 8.85. The Kier molecular flexibility index (Phi) is 4.11. The van der Waals surface area contributed by atoms with Crippen LogP contribution in [0.4, 0.5) is 10.1 Å². The topological polar surface area (TPSA) is 35.5 Å². The monoisotopic (exact) mass is 266 g/mol. The highest BCUT2D eigenvalue weighted by atomic mass is 19.1. The fraction of sp³-hybridized carbons (Fsp3) is 0.600. The van der Waals surface area contributed by atoms with Gasteiger partial charge >= 0.3 is 0 Å². The molecule has 0 spiro atoms. The van der Waals surface area contributed by atoms with Crippen LogP contribution in [-0.4, -0.2) is 29.8 Å². The largest absolute Gasteiger partial charge is 0.391 e. The molecule has 1 atom stereocenters. The van der Waals surface area contributed by atoms with E-state index in [1.807, 2.05) is 6.07 Å². The van der Waals surface area contributed by atoms with Crippen molar-refractivity contribution in [2.24, 2.45) is 0 Å². The molecule has 1 aromatic rings. The summed E-state index contributed by atoms with van der Waals surface area (Å²) in [6.45, 7) is 8.36. The van der Waals surface area contributed by atoms with Gasteiger partial charge in [0.2, 0.25) is 0 Å². The minimum absolute atomic E-state index is 0.00584. The molecule has 106 valence electrons. The maximum Gasteiger partial charge on any atom is 0.123 e. The lowest BCUT2D eigenvalue weighted by Gasteiger charge is -2.25. The summed E-state index contributed by atoms with van der Waals surface area (Å²) in [6, 6.07) is 4.88. The smallest absolute Gasteiger partial charge is 0.123 e. The minimum Gasteiger partial charge on any atom is -0.391 e. The molecule has 0 saturated carbocycles. The highest BCUT2D eigenvalue weighted by Gasteiger charge is 2.23. The second-order valence-corrected chi connectivity index (χ2v) is 6.27. The fourth-order valence-electron chi connectivity index (χ4n) is 2.33. The summed E-state index contributed by atoms with van der Waals surface area (Å²) in [5.74, 6) is -0.214. The third kappa shape index (κ3) is 3.91. The van der Waals surface area contributed by atoms with Gasteiger partial charge in [-0.05, 0) is 51.0 Å². The molecule has 1 aliphatic heterocycles. The van der Waals surface area contributed by atoms with E-state index in [2.05, 4.69) is 31.0 Å². The van der Waals surface area contributed by atoms with Crippen molar-refractivity contribution in [1.29, 1.82) is 0 Å². The number of anilines is 1. The maximum atomic E-state index is 13.4. The van der Waals surface area contributed by atoms with E-state index in [9.17, 15) is 9.50 Å². The van der Waals surface area contributed by atoms with Crippen LogP contribution in [-0.2, 0) is 6.54 Å². The van der Waals surface area contributed by atoms with Crippen molar-refractivity contribution in [2.75, 3.05) is 18.0 Å². The Morgan fingerprint density at radius 3 is 2.74 bits per heavy atom. The number of halogens is 1. The zero-order chi connectivity index (χ0) is 14.0. The maximum absolute atomic E-state index is 13.4. The van der Waals surface area contributed by atoms with Gasteiger partial charge in [-0.2, -0.15) is 0 Å².